The lowest BCUT2D eigenvalue weighted by Gasteiger charge is -2.16. The minimum atomic E-state index is -0.540. The third-order valence-electron chi connectivity index (χ3n) is 3.72. The van der Waals surface area contributed by atoms with Crippen molar-refractivity contribution in [3.05, 3.63) is 42.5 Å². The van der Waals surface area contributed by atoms with Gasteiger partial charge in [-0.05, 0) is 18.2 Å². The van der Waals surface area contributed by atoms with Crippen LogP contribution < -0.4 is 15.0 Å². The summed E-state index contributed by atoms with van der Waals surface area (Å²) in [5.41, 5.74) is 0.444. The number of amides is 2. The van der Waals surface area contributed by atoms with Crippen molar-refractivity contribution in [1.82, 2.24) is 9.97 Å². The molecule has 0 bridgehead atoms. The number of carbonyl (C=O) groups excluding carboxylic acids is 2. The standard InChI is InChI=1S/C16H15FN4O3/c1-24-14-7-13(18-9-19-14)20-16(23)10-5-15(22)21(8-10)12-4-2-3-11(17)6-12/h2-4,6-7,9-10H,5,8H2,1H3,(H,18,19,20,23)/t10-/m1/s1. The van der Waals surface area contributed by atoms with Gasteiger partial charge in [0.1, 0.15) is 18.0 Å². The first kappa shape index (κ1) is 15.9. The summed E-state index contributed by atoms with van der Waals surface area (Å²) in [6.07, 6.45) is 1.33. The van der Waals surface area contributed by atoms with Gasteiger partial charge in [-0.3, -0.25) is 9.59 Å². The third-order valence-corrected chi connectivity index (χ3v) is 3.72. The zero-order valence-electron chi connectivity index (χ0n) is 12.9. The van der Waals surface area contributed by atoms with Crippen molar-refractivity contribution in [2.75, 3.05) is 23.9 Å². The summed E-state index contributed by atoms with van der Waals surface area (Å²) in [5.74, 6) is -0.903. The van der Waals surface area contributed by atoms with E-state index in [2.05, 4.69) is 15.3 Å². The molecular weight excluding hydrogens is 315 g/mol. The fourth-order valence-electron chi connectivity index (χ4n) is 2.52. The quantitative estimate of drug-likeness (QED) is 0.921. The molecule has 1 aromatic carbocycles. The van der Waals surface area contributed by atoms with Crippen LogP contribution in [-0.2, 0) is 9.59 Å². The van der Waals surface area contributed by atoms with Gasteiger partial charge in [0.25, 0.3) is 0 Å². The Morgan fingerprint density at radius 2 is 2.21 bits per heavy atom. The van der Waals surface area contributed by atoms with Gasteiger partial charge in [-0.25, -0.2) is 14.4 Å². The zero-order chi connectivity index (χ0) is 17.1. The van der Waals surface area contributed by atoms with Gasteiger partial charge in [0.2, 0.25) is 17.7 Å². The summed E-state index contributed by atoms with van der Waals surface area (Å²) in [6.45, 7) is 0.191. The Morgan fingerprint density at radius 1 is 1.38 bits per heavy atom. The van der Waals surface area contributed by atoms with Crippen LogP contribution in [0, 0.1) is 11.7 Å². The molecule has 1 aliphatic heterocycles. The Labute approximate surface area is 137 Å². The number of rotatable bonds is 4. The van der Waals surface area contributed by atoms with Crippen molar-refractivity contribution in [3.8, 4) is 5.88 Å². The largest absolute Gasteiger partial charge is 0.481 e. The molecule has 1 fully saturated rings. The highest BCUT2D eigenvalue weighted by molar-refractivity contribution is 6.03. The number of hydrogen-bond acceptors (Lipinski definition) is 5. The summed E-state index contributed by atoms with van der Waals surface area (Å²) in [6, 6.07) is 7.22. The molecule has 0 radical (unpaired) electrons. The molecule has 3 rings (SSSR count). The van der Waals surface area contributed by atoms with E-state index in [-0.39, 0.29) is 24.8 Å². The number of hydrogen-bond donors (Lipinski definition) is 1. The molecule has 2 heterocycles. The Morgan fingerprint density at radius 3 is 2.96 bits per heavy atom. The maximum absolute atomic E-state index is 13.3. The SMILES string of the molecule is COc1cc(NC(=O)[C@@H]2CC(=O)N(c3cccc(F)c3)C2)ncn1. The summed E-state index contributed by atoms with van der Waals surface area (Å²) in [5, 5.41) is 2.64. The Balaban J connectivity index is 1.69. The van der Waals surface area contributed by atoms with E-state index in [1.165, 1.54) is 42.6 Å². The van der Waals surface area contributed by atoms with Crippen LogP contribution in [0.4, 0.5) is 15.9 Å². The average molecular weight is 330 g/mol. The van der Waals surface area contributed by atoms with Crippen LogP contribution in [0.2, 0.25) is 0 Å². The van der Waals surface area contributed by atoms with Crippen LogP contribution in [0.15, 0.2) is 36.7 Å². The van der Waals surface area contributed by atoms with Gasteiger partial charge in [0.05, 0.1) is 13.0 Å². The summed E-state index contributed by atoms with van der Waals surface area (Å²) in [7, 11) is 1.46. The third kappa shape index (κ3) is 3.32. The van der Waals surface area contributed by atoms with E-state index in [4.69, 9.17) is 4.74 Å². The van der Waals surface area contributed by atoms with Crippen molar-refractivity contribution < 1.29 is 18.7 Å². The molecule has 0 spiro atoms. The number of nitrogens with zero attached hydrogens (tertiary/aromatic N) is 3. The van der Waals surface area contributed by atoms with Crippen molar-refractivity contribution in [3.63, 3.8) is 0 Å². The van der Waals surface area contributed by atoms with Crippen LogP contribution in [0.5, 0.6) is 5.88 Å². The minimum Gasteiger partial charge on any atom is -0.481 e. The van der Waals surface area contributed by atoms with E-state index >= 15 is 0 Å². The first-order chi connectivity index (χ1) is 11.6. The fraction of sp³-hybridized carbons (Fsp3) is 0.250. The number of aromatic nitrogens is 2. The lowest BCUT2D eigenvalue weighted by molar-refractivity contribution is -0.122. The summed E-state index contributed by atoms with van der Waals surface area (Å²) in [4.78, 5) is 33.7. The first-order valence-corrected chi connectivity index (χ1v) is 7.29. The van der Waals surface area contributed by atoms with E-state index in [0.29, 0.717) is 17.4 Å². The highest BCUT2D eigenvalue weighted by Crippen LogP contribution is 2.26. The normalized spacial score (nSPS) is 17.0. The maximum atomic E-state index is 13.3. The van der Waals surface area contributed by atoms with E-state index in [9.17, 15) is 14.0 Å². The highest BCUT2D eigenvalue weighted by Gasteiger charge is 2.35. The number of methoxy groups -OCH3 is 1. The van der Waals surface area contributed by atoms with Crippen LogP contribution in [0.1, 0.15) is 6.42 Å². The molecule has 1 aromatic heterocycles. The second-order valence-electron chi connectivity index (χ2n) is 5.32. The Hall–Kier alpha value is -3.03. The van der Waals surface area contributed by atoms with Crippen molar-refractivity contribution in [2.45, 2.75) is 6.42 Å². The van der Waals surface area contributed by atoms with Gasteiger partial charge in [-0.15, -0.1) is 0 Å². The zero-order valence-corrected chi connectivity index (χ0v) is 12.9. The van der Waals surface area contributed by atoms with Gasteiger partial charge in [-0.1, -0.05) is 6.07 Å². The molecule has 1 saturated heterocycles. The lowest BCUT2D eigenvalue weighted by Crippen LogP contribution is -2.28. The molecule has 1 aliphatic rings. The molecule has 0 unspecified atom stereocenters. The summed E-state index contributed by atoms with van der Waals surface area (Å²) < 4.78 is 18.3. The van der Waals surface area contributed by atoms with Crippen LogP contribution in [0.25, 0.3) is 0 Å². The molecule has 124 valence electrons. The average Bonchev–Trinajstić information content (AvgIpc) is 2.97. The van der Waals surface area contributed by atoms with Gasteiger partial charge in [0, 0.05) is 24.7 Å². The second-order valence-corrected chi connectivity index (χ2v) is 5.32. The summed E-state index contributed by atoms with van der Waals surface area (Å²) >= 11 is 0. The number of halogens is 1. The Kier molecular flexibility index (Phi) is 4.37. The predicted octanol–water partition coefficient (Wildman–Crippen LogP) is 1.62. The molecule has 1 N–H and O–H groups in total. The van der Waals surface area contributed by atoms with Gasteiger partial charge in [0.15, 0.2) is 0 Å². The molecule has 0 aliphatic carbocycles. The molecular formula is C16H15FN4O3. The smallest absolute Gasteiger partial charge is 0.230 e. The Bertz CT molecular complexity index is 783. The van der Waals surface area contributed by atoms with Crippen LogP contribution >= 0.6 is 0 Å². The molecule has 7 nitrogen and oxygen atoms in total. The van der Waals surface area contributed by atoms with E-state index in [0.717, 1.165) is 0 Å². The number of ether oxygens (including phenoxy) is 1. The number of nitrogens with one attached hydrogen (secondary N) is 1. The van der Waals surface area contributed by atoms with Crippen molar-refractivity contribution in [2.24, 2.45) is 5.92 Å². The van der Waals surface area contributed by atoms with Gasteiger partial charge < -0.3 is 15.0 Å². The van der Waals surface area contributed by atoms with E-state index in [1.54, 1.807) is 6.07 Å². The topological polar surface area (TPSA) is 84.4 Å². The van der Waals surface area contributed by atoms with Crippen molar-refractivity contribution in [1.29, 1.82) is 0 Å². The molecule has 1 atom stereocenters. The van der Waals surface area contributed by atoms with Crippen LogP contribution in [0.3, 0.4) is 0 Å². The van der Waals surface area contributed by atoms with E-state index in [1.807, 2.05) is 0 Å². The minimum absolute atomic E-state index is 0.0601. The van der Waals surface area contributed by atoms with E-state index < -0.39 is 11.7 Å². The number of carbonyl (C=O) groups is 2. The maximum Gasteiger partial charge on any atom is 0.230 e. The second kappa shape index (κ2) is 6.61. The molecule has 24 heavy (non-hydrogen) atoms. The van der Waals surface area contributed by atoms with Crippen LogP contribution in [-0.4, -0.2) is 35.4 Å². The highest BCUT2D eigenvalue weighted by atomic mass is 19.1. The molecule has 2 amide bonds. The van der Waals surface area contributed by atoms with Crippen molar-refractivity contribution >= 4 is 23.3 Å². The van der Waals surface area contributed by atoms with Gasteiger partial charge >= 0.3 is 0 Å². The number of anilines is 2. The number of benzene rings is 1. The first-order valence-electron chi connectivity index (χ1n) is 7.29. The molecule has 2 aromatic rings. The monoisotopic (exact) mass is 330 g/mol. The molecule has 0 saturated carbocycles. The fourth-order valence-corrected chi connectivity index (χ4v) is 2.52. The predicted molar refractivity (Wildman–Crippen MR) is 84.1 cm³/mol. The molecule has 8 heteroatoms. The van der Waals surface area contributed by atoms with Gasteiger partial charge in [-0.2, -0.15) is 0 Å². The lowest BCUT2D eigenvalue weighted by atomic mass is 10.1.